The molecule has 1 aliphatic rings. The largest absolute Gasteiger partial charge is 0.454 e. The minimum atomic E-state index is -0.720. The topological polar surface area (TPSA) is 60.4 Å². The number of rotatable bonds is 3. The number of esters is 1. The molecule has 0 N–H and O–H groups in total. The molecule has 0 saturated carbocycles. The first kappa shape index (κ1) is 15.3. The third kappa shape index (κ3) is 3.63. The van der Waals surface area contributed by atoms with E-state index in [-0.39, 0.29) is 17.0 Å². The van der Waals surface area contributed by atoms with Gasteiger partial charge in [-0.25, -0.2) is 0 Å². The molecule has 0 aliphatic heterocycles. The predicted octanol–water partition coefficient (Wildman–Crippen LogP) is 2.38. The Kier molecular flexibility index (Phi) is 4.45. The molecular weight excluding hydrogens is 244 g/mol. The Bertz CT molecular complexity index is 480. The van der Waals surface area contributed by atoms with Gasteiger partial charge in [-0.3, -0.25) is 14.4 Å². The summed E-state index contributed by atoms with van der Waals surface area (Å²) in [5.74, 6) is -0.701. The van der Waals surface area contributed by atoms with Crippen molar-refractivity contribution < 1.29 is 19.1 Å². The van der Waals surface area contributed by atoms with Crippen LogP contribution in [0.3, 0.4) is 0 Å². The van der Waals surface area contributed by atoms with Crippen LogP contribution >= 0.6 is 0 Å². The molecular formula is C15H20O4. The summed E-state index contributed by atoms with van der Waals surface area (Å²) in [6.45, 7) is 8.41. The van der Waals surface area contributed by atoms with E-state index in [1.165, 1.54) is 19.9 Å². The number of allylic oxidation sites excluding steroid dienone is 3. The summed E-state index contributed by atoms with van der Waals surface area (Å²) in [7, 11) is 0. The minimum Gasteiger partial charge on any atom is -0.454 e. The van der Waals surface area contributed by atoms with Gasteiger partial charge in [0.1, 0.15) is 0 Å². The summed E-state index contributed by atoms with van der Waals surface area (Å²) in [6, 6.07) is 0. The third-order valence-electron chi connectivity index (χ3n) is 3.28. The second-order valence-electron chi connectivity index (χ2n) is 5.53. The van der Waals surface area contributed by atoms with Gasteiger partial charge in [0.2, 0.25) is 0 Å². The highest BCUT2D eigenvalue weighted by Gasteiger charge is 2.39. The van der Waals surface area contributed by atoms with Crippen LogP contribution in [-0.4, -0.2) is 23.6 Å². The number of ketones is 2. The lowest BCUT2D eigenvalue weighted by Gasteiger charge is -2.36. The first-order valence-electron chi connectivity index (χ1n) is 6.26. The molecule has 19 heavy (non-hydrogen) atoms. The average molecular weight is 264 g/mol. The molecule has 4 heteroatoms. The molecule has 0 aromatic rings. The second-order valence-corrected chi connectivity index (χ2v) is 5.53. The van der Waals surface area contributed by atoms with Crippen molar-refractivity contribution in [2.75, 3.05) is 0 Å². The van der Waals surface area contributed by atoms with Gasteiger partial charge in [0.25, 0.3) is 0 Å². The van der Waals surface area contributed by atoms with Gasteiger partial charge in [-0.1, -0.05) is 19.9 Å². The van der Waals surface area contributed by atoms with Crippen molar-refractivity contribution in [3.05, 3.63) is 23.3 Å². The monoisotopic (exact) mass is 264 g/mol. The number of hydrogen-bond donors (Lipinski definition) is 0. The molecule has 1 unspecified atom stereocenters. The van der Waals surface area contributed by atoms with Crippen molar-refractivity contribution in [1.82, 2.24) is 0 Å². The molecule has 1 rings (SSSR count). The highest BCUT2D eigenvalue weighted by atomic mass is 16.5. The van der Waals surface area contributed by atoms with Crippen molar-refractivity contribution >= 4 is 17.5 Å². The van der Waals surface area contributed by atoms with Crippen molar-refractivity contribution in [2.24, 2.45) is 5.41 Å². The van der Waals surface area contributed by atoms with Crippen molar-refractivity contribution in [1.29, 1.82) is 0 Å². The van der Waals surface area contributed by atoms with Crippen LogP contribution in [0.1, 0.15) is 41.0 Å². The predicted molar refractivity (Wildman–Crippen MR) is 71.5 cm³/mol. The molecule has 0 saturated heterocycles. The third-order valence-corrected chi connectivity index (χ3v) is 3.28. The summed E-state index contributed by atoms with van der Waals surface area (Å²) in [4.78, 5) is 34.2. The molecule has 0 bridgehead atoms. The van der Waals surface area contributed by atoms with Crippen LogP contribution in [0.25, 0.3) is 0 Å². The lowest BCUT2D eigenvalue weighted by molar-refractivity contribution is -0.153. The molecule has 1 aliphatic carbocycles. The number of ether oxygens (including phenoxy) is 1. The fourth-order valence-electron chi connectivity index (χ4n) is 2.39. The summed E-state index contributed by atoms with van der Waals surface area (Å²) in [6.07, 6.45) is 2.86. The Morgan fingerprint density at radius 2 is 1.89 bits per heavy atom. The Morgan fingerprint density at radius 1 is 1.32 bits per heavy atom. The van der Waals surface area contributed by atoms with Gasteiger partial charge in [-0.2, -0.15) is 0 Å². The van der Waals surface area contributed by atoms with E-state index in [9.17, 15) is 14.4 Å². The summed E-state index contributed by atoms with van der Waals surface area (Å²) in [5.41, 5.74) is 1.07. The molecule has 0 spiro atoms. The van der Waals surface area contributed by atoms with E-state index in [1.54, 1.807) is 13.0 Å². The lowest BCUT2D eigenvalue weighted by atomic mass is 9.71. The Labute approximate surface area is 113 Å². The number of carbonyl (C=O) groups is 3. The smallest absolute Gasteiger partial charge is 0.303 e. The van der Waals surface area contributed by atoms with Gasteiger partial charge in [-0.05, 0) is 36.5 Å². The van der Waals surface area contributed by atoms with E-state index >= 15 is 0 Å². The maximum Gasteiger partial charge on any atom is 0.303 e. The molecule has 0 radical (unpaired) electrons. The van der Waals surface area contributed by atoms with Crippen molar-refractivity contribution in [3.8, 4) is 0 Å². The number of Topliss-reactive ketones (excluding diaryl/α,β-unsaturated/α-hetero) is 1. The van der Waals surface area contributed by atoms with E-state index in [4.69, 9.17) is 4.74 Å². The lowest BCUT2D eigenvalue weighted by Crippen LogP contribution is -2.38. The van der Waals surface area contributed by atoms with Crippen molar-refractivity contribution in [3.63, 3.8) is 0 Å². The van der Waals surface area contributed by atoms with E-state index < -0.39 is 12.1 Å². The molecule has 0 aromatic carbocycles. The van der Waals surface area contributed by atoms with E-state index in [0.717, 1.165) is 5.57 Å². The first-order chi connectivity index (χ1) is 8.65. The normalized spacial score (nSPS) is 22.8. The van der Waals surface area contributed by atoms with Crippen LogP contribution < -0.4 is 0 Å². The second kappa shape index (κ2) is 5.51. The van der Waals surface area contributed by atoms with Crippen LogP contribution in [0.2, 0.25) is 0 Å². The number of carbonyl (C=O) groups excluding carboxylic acids is 3. The van der Waals surface area contributed by atoms with Gasteiger partial charge in [0.15, 0.2) is 17.7 Å². The zero-order valence-corrected chi connectivity index (χ0v) is 12.1. The molecule has 0 aromatic heterocycles. The SMILES string of the molecule is CC(=O)/C=C/C1=C(C)C(=O)C(OC(C)=O)CC1(C)C. The van der Waals surface area contributed by atoms with Crippen LogP contribution in [0.15, 0.2) is 23.3 Å². The zero-order valence-electron chi connectivity index (χ0n) is 12.1. The highest BCUT2D eigenvalue weighted by molar-refractivity contribution is 6.02. The quantitative estimate of drug-likeness (QED) is 0.580. The minimum absolute atomic E-state index is 0.0642. The van der Waals surface area contributed by atoms with Crippen LogP contribution in [-0.2, 0) is 19.1 Å². The maximum atomic E-state index is 12.1. The highest BCUT2D eigenvalue weighted by Crippen LogP contribution is 2.40. The van der Waals surface area contributed by atoms with Gasteiger partial charge >= 0.3 is 5.97 Å². The standard InChI is InChI=1S/C15H20O4/c1-9(16)6-7-12-10(2)14(18)13(19-11(3)17)8-15(12,4)5/h6-7,13H,8H2,1-5H3/b7-6+. The van der Waals surface area contributed by atoms with Crippen molar-refractivity contribution in [2.45, 2.75) is 47.1 Å². The van der Waals surface area contributed by atoms with Gasteiger partial charge in [0, 0.05) is 13.3 Å². The van der Waals surface area contributed by atoms with Gasteiger partial charge in [0.05, 0.1) is 0 Å². The molecule has 0 heterocycles. The van der Waals surface area contributed by atoms with Crippen LogP contribution in [0, 0.1) is 5.41 Å². The Hall–Kier alpha value is -1.71. The van der Waals surface area contributed by atoms with Gasteiger partial charge < -0.3 is 4.74 Å². The molecule has 1 atom stereocenters. The fraction of sp³-hybridized carbons (Fsp3) is 0.533. The van der Waals surface area contributed by atoms with E-state index in [1.807, 2.05) is 13.8 Å². The summed E-state index contributed by atoms with van der Waals surface area (Å²) < 4.78 is 5.07. The van der Waals surface area contributed by atoms with Gasteiger partial charge in [-0.15, -0.1) is 0 Å². The molecule has 0 amide bonds. The molecule has 104 valence electrons. The van der Waals surface area contributed by atoms with E-state index in [2.05, 4.69) is 0 Å². The maximum absolute atomic E-state index is 12.1. The fourth-order valence-corrected chi connectivity index (χ4v) is 2.39. The average Bonchev–Trinajstić information content (AvgIpc) is 2.23. The summed E-state index contributed by atoms with van der Waals surface area (Å²) in [5, 5.41) is 0. The van der Waals surface area contributed by atoms with Crippen LogP contribution in [0.5, 0.6) is 0 Å². The first-order valence-corrected chi connectivity index (χ1v) is 6.26. The molecule has 0 fully saturated rings. The zero-order chi connectivity index (χ0) is 14.8. The molecule has 4 nitrogen and oxygen atoms in total. The van der Waals surface area contributed by atoms with Crippen LogP contribution in [0.4, 0.5) is 0 Å². The van der Waals surface area contributed by atoms with E-state index in [0.29, 0.717) is 12.0 Å². The Morgan fingerprint density at radius 3 is 2.37 bits per heavy atom. The Balaban J connectivity index is 3.15. The number of hydrogen-bond acceptors (Lipinski definition) is 4. The summed E-state index contributed by atoms with van der Waals surface area (Å²) >= 11 is 0.